The Balaban J connectivity index is 0.000000157. The Bertz CT molecular complexity index is 2600. The van der Waals surface area contributed by atoms with E-state index < -0.39 is 5.20 Å². The minimum Gasteiger partial charge on any atom is -0.316 e. The molecule has 17 heteroatoms. The lowest BCUT2D eigenvalue weighted by Crippen LogP contribution is -2.18. The van der Waals surface area contributed by atoms with Crippen LogP contribution in [-0.2, 0) is 17.0 Å². The molecule has 7 heterocycles. The quantitative estimate of drug-likeness (QED) is 0.107. The van der Waals surface area contributed by atoms with Crippen molar-refractivity contribution in [3.63, 3.8) is 0 Å². The van der Waals surface area contributed by atoms with E-state index in [9.17, 15) is 4.57 Å². The van der Waals surface area contributed by atoms with E-state index in [4.69, 9.17) is 16.6 Å². The molecule has 290 valence electrons. The van der Waals surface area contributed by atoms with E-state index in [1.165, 1.54) is 37.1 Å². The maximum atomic E-state index is 9.51. The number of likely N-dealkylation sites (tertiary alicyclic amines) is 1. The van der Waals surface area contributed by atoms with Gasteiger partial charge < -0.3 is 10.6 Å². The number of fused-ring (bicyclic) bond motifs is 2. The SMILES string of the molecule is ClCc1ccnc(Nc2nc3ccc(-c4ccncc4)cc3s2)c1.O=P(Cl)(Cl)Cl.c1cc(-c2ccc3nc(Nc4cc(CN5CCCC5)ccn4)sc3c2)ccn1. The molecule has 6 aromatic heterocycles. The molecule has 9 rings (SSSR count). The molecule has 1 aliphatic rings. The van der Waals surface area contributed by atoms with Crippen molar-refractivity contribution in [2.24, 2.45) is 0 Å². The molecule has 0 spiro atoms. The highest BCUT2D eigenvalue weighted by atomic mass is 36.0. The third-order valence-electron chi connectivity index (χ3n) is 8.68. The summed E-state index contributed by atoms with van der Waals surface area (Å²) >= 11 is 23.0. The maximum absolute atomic E-state index is 9.51. The van der Waals surface area contributed by atoms with Crippen molar-refractivity contribution in [1.82, 2.24) is 34.8 Å². The van der Waals surface area contributed by atoms with Gasteiger partial charge in [-0.1, -0.05) is 34.8 Å². The number of benzene rings is 2. The molecule has 1 aliphatic heterocycles. The molecule has 0 amide bonds. The number of rotatable bonds is 9. The molecule has 1 saturated heterocycles. The Hall–Kier alpha value is -4.23. The van der Waals surface area contributed by atoms with Crippen LogP contribution in [0.1, 0.15) is 24.0 Å². The van der Waals surface area contributed by atoms with Crippen LogP contribution in [0.3, 0.4) is 0 Å². The molecule has 2 aromatic carbocycles. The van der Waals surface area contributed by atoms with Crippen LogP contribution in [0.4, 0.5) is 21.9 Å². The van der Waals surface area contributed by atoms with Gasteiger partial charge in [-0.25, -0.2) is 19.9 Å². The Morgan fingerprint density at radius 1 is 0.596 bits per heavy atom. The summed E-state index contributed by atoms with van der Waals surface area (Å²) in [6.45, 7) is 3.39. The third-order valence-corrected chi connectivity index (χ3v) is 10.9. The van der Waals surface area contributed by atoms with Gasteiger partial charge in [0.2, 0.25) is 0 Å². The number of hydrogen-bond donors (Lipinski definition) is 2. The summed E-state index contributed by atoms with van der Waals surface area (Å²) in [6, 6.07) is 28.7. The van der Waals surface area contributed by atoms with E-state index in [-0.39, 0.29) is 0 Å². The largest absolute Gasteiger partial charge is 0.339 e. The maximum Gasteiger partial charge on any atom is 0.339 e. The number of thiazole rings is 2. The first-order valence-corrected chi connectivity index (χ1v) is 24.3. The fourth-order valence-electron chi connectivity index (χ4n) is 6.09. The molecule has 0 bridgehead atoms. The van der Waals surface area contributed by atoms with E-state index in [0.29, 0.717) is 5.88 Å². The molecule has 0 radical (unpaired) electrons. The highest BCUT2D eigenvalue weighted by molar-refractivity contribution is 8.24. The van der Waals surface area contributed by atoms with E-state index in [1.807, 2.05) is 61.1 Å². The fraction of sp³-hybridized carbons (Fsp3) is 0.150. The minimum absolute atomic E-state index is 0.465. The Morgan fingerprint density at radius 3 is 1.53 bits per heavy atom. The lowest BCUT2D eigenvalue weighted by atomic mass is 10.1. The summed E-state index contributed by atoms with van der Waals surface area (Å²) in [5.41, 5.74) is 8.92. The highest BCUT2D eigenvalue weighted by Crippen LogP contribution is 2.61. The standard InChI is InChI=1S/C22H21N5S.C18H13ClN4S.Cl3OP/c1-2-12-27(11-1)15-16-5-10-24-21(13-16)26-22-25-19-4-3-18(14-20(19)28-22)17-6-8-23-9-7-17;19-11-12-3-8-21-17(9-12)23-18-22-15-2-1-14(10-16(15)24-18)13-4-6-20-7-5-13;1-5(2,3)4/h3-10,13-14H,1-2,11-12,15H2,(H,24,25,26);1-10H,11H2,(H,21,22,23);. The summed E-state index contributed by atoms with van der Waals surface area (Å²) in [5, 5.41) is 5.10. The number of nitrogens with zero attached hydrogens (tertiary/aromatic N) is 7. The van der Waals surface area contributed by atoms with Crippen LogP contribution < -0.4 is 10.6 Å². The number of nitrogens with one attached hydrogen (secondary N) is 2. The summed E-state index contributed by atoms with van der Waals surface area (Å²) in [7, 11) is 0. The van der Waals surface area contributed by atoms with Gasteiger partial charge in [-0.05, 0) is 166 Å². The summed E-state index contributed by atoms with van der Waals surface area (Å²) in [4.78, 5) is 28.8. The van der Waals surface area contributed by atoms with Crippen molar-refractivity contribution in [3.05, 3.63) is 133 Å². The van der Waals surface area contributed by atoms with Gasteiger partial charge in [-0.3, -0.25) is 19.4 Å². The smallest absolute Gasteiger partial charge is 0.316 e. The lowest BCUT2D eigenvalue weighted by Gasteiger charge is -2.14. The second kappa shape index (κ2) is 19.5. The summed E-state index contributed by atoms with van der Waals surface area (Å²) in [6.07, 6.45) is 13.5. The van der Waals surface area contributed by atoms with Crippen LogP contribution >= 0.6 is 73.2 Å². The van der Waals surface area contributed by atoms with Gasteiger partial charge in [0.1, 0.15) is 11.6 Å². The zero-order valence-electron chi connectivity index (χ0n) is 30.1. The van der Waals surface area contributed by atoms with E-state index in [0.717, 1.165) is 71.1 Å². The molecule has 57 heavy (non-hydrogen) atoms. The van der Waals surface area contributed by atoms with Crippen LogP contribution in [0.25, 0.3) is 42.7 Å². The Kier molecular flexibility index (Phi) is 14.0. The van der Waals surface area contributed by atoms with Crippen molar-refractivity contribution in [2.75, 3.05) is 23.7 Å². The predicted octanol–water partition coefficient (Wildman–Crippen LogP) is 13.1. The predicted molar refractivity (Wildman–Crippen MR) is 240 cm³/mol. The molecule has 0 unspecified atom stereocenters. The number of alkyl halides is 1. The van der Waals surface area contributed by atoms with Crippen molar-refractivity contribution in [1.29, 1.82) is 0 Å². The van der Waals surface area contributed by atoms with Crippen molar-refractivity contribution < 1.29 is 4.57 Å². The van der Waals surface area contributed by atoms with Gasteiger partial charge in [-0.15, -0.1) is 11.6 Å². The molecule has 10 nitrogen and oxygen atoms in total. The zero-order chi connectivity index (χ0) is 39.6. The molecule has 0 saturated carbocycles. The molecule has 0 aliphatic carbocycles. The Labute approximate surface area is 357 Å². The van der Waals surface area contributed by atoms with Crippen LogP contribution in [0, 0.1) is 0 Å². The van der Waals surface area contributed by atoms with Crippen LogP contribution in [0.15, 0.2) is 122 Å². The fourth-order valence-corrected chi connectivity index (χ4v) is 8.08. The normalized spacial score (nSPS) is 12.8. The van der Waals surface area contributed by atoms with Gasteiger partial charge in [0.15, 0.2) is 10.3 Å². The number of aromatic nitrogens is 6. The van der Waals surface area contributed by atoms with Gasteiger partial charge in [0, 0.05) is 49.6 Å². The number of anilines is 4. The molecular weight excluding hydrogens is 859 g/mol. The average Bonchev–Trinajstić information content (AvgIpc) is 3.98. The van der Waals surface area contributed by atoms with Crippen LogP contribution in [0.2, 0.25) is 0 Å². The second-order valence-electron chi connectivity index (χ2n) is 12.7. The van der Waals surface area contributed by atoms with Crippen molar-refractivity contribution in [2.45, 2.75) is 25.3 Å². The molecule has 0 atom stereocenters. The second-order valence-corrected chi connectivity index (χ2v) is 21.7. The third kappa shape index (κ3) is 12.1. The average molecular weight is 894 g/mol. The molecular formula is C40H34Cl4N9OPS2. The number of pyridine rings is 4. The number of hydrogen-bond acceptors (Lipinski definition) is 12. The molecule has 8 aromatic rings. The van der Waals surface area contributed by atoms with E-state index in [1.54, 1.807) is 41.3 Å². The first-order chi connectivity index (χ1) is 27.6. The van der Waals surface area contributed by atoms with E-state index >= 15 is 0 Å². The molecule has 1 fully saturated rings. The monoisotopic (exact) mass is 891 g/mol. The van der Waals surface area contributed by atoms with Gasteiger partial charge in [-0.2, -0.15) is 0 Å². The van der Waals surface area contributed by atoms with Crippen molar-refractivity contribution in [3.8, 4) is 22.3 Å². The van der Waals surface area contributed by atoms with E-state index in [2.05, 4.69) is 117 Å². The summed E-state index contributed by atoms with van der Waals surface area (Å²) < 4.78 is 11.8. The minimum atomic E-state index is -3.22. The highest BCUT2D eigenvalue weighted by Gasteiger charge is 2.13. The van der Waals surface area contributed by atoms with Gasteiger partial charge in [0.25, 0.3) is 0 Å². The zero-order valence-corrected chi connectivity index (χ0v) is 35.7. The Morgan fingerprint density at radius 2 is 1.05 bits per heavy atom. The topological polar surface area (TPSA) is 122 Å². The first kappa shape index (κ1) is 40.9. The van der Waals surface area contributed by atoms with Crippen molar-refractivity contribution >= 4 is 116 Å². The molecule has 2 N–H and O–H groups in total. The summed E-state index contributed by atoms with van der Waals surface area (Å²) in [5.74, 6) is 2.07. The van der Waals surface area contributed by atoms with Crippen LogP contribution in [0.5, 0.6) is 0 Å². The first-order valence-electron chi connectivity index (χ1n) is 17.7. The van der Waals surface area contributed by atoms with Gasteiger partial charge in [0.05, 0.1) is 20.4 Å². The van der Waals surface area contributed by atoms with Gasteiger partial charge >= 0.3 is 5.20 Å². The van der Waals surface area contributed by atoms with Crippen LogP contribution in [-0.4, -0.2) is 47.9 Å². The number of halogens is 4. The lowest BCUT2D eigenvalue weighted by molar-refractivity contribution is 0.331.